The number of hydrogen-bond donors (Lipinski definition) is 1. The minimum Gasteiger partial charge on any atom is -0.360 e. The average molecular weight is 228 g/mol. The van der Waals surface area contributed by atoms with Crippen LogP contribution in [0.2, 0.25) is 5.02 Å². The van der Waals surface area contributed by atoms with Crippen LogP contribution in [0.3, 0.4) is 0 Å². The number of pyridine rings is 1. The summed E-state index contributed by atoms with van der Waals surface area (Å²) in [5, 5.41) is 6.55. The molecule has 2 aromatic rings. The van der Waals surface area contributed by atoms with Crippen LogP contribution in [0.15, 0.2) is 29.0 Å². The first-order chi connectivity index (χ1) is 7.25. The second kappa shape index (κ2) is 4.27. The predicted octanol–water partition coefficient (Wildman–Crippen LogP) is 2.47. The maximum atomic E-state index is 13.2. The molecule has 0 aliphatic rings. The molecule has 2 rings (SSSR count). The monoisotopic (exact) mass is 227 g/mol. The molecule has 78 valence electrons. The van der Waals surface area contributed by atoms with Crippen LogP contribution in [0.25, 0.3) is 0 Å². The first-order valence-electron chi connectivity index (χ1n) is 4.20. The Kier molecular flexibility index (Phi) is 2.82. The fourth-order valence-corrected chi connectivity index (χ4v) is 1.19. The lowest BCUT2D eigenvalue weighted by atomic mass is 10.4. The lowest BCUT2D eigenvalue weighted by molar-refractivity contribution is 0.387. The first-order valence-corrected chi connectivity index (χ1v) is 4.58. The number of nitrogens with zero attached hydrogens (tertiary/aromatic N) is 2. The van der Waals surface area contributed by atoms with Crippen molar-refractivity contribution in [3.63, 3.8) is 0 Å². The number of halogens is 2. The topological polar surface area (TPSA) is 51.0 Å². The van der Waals surface area contributed by atoms with Crippen LogP contribution in [-0.2, 0) is 6.54 Å². The molecular formula is C9H7ClFN3O. The van der Waals surface area contributed by atoms with Crippen LogP contribution in [0.5, 0.6) is 0 Å². The van der Waals surface area contributed by atoms with Gasteiger partial charge >= 0.3 is 0 Å². The van der Waals surface area contributed by atoms with Gasteiger partial charge in [0.25, 0.3) is 0 Å². The number of anilines is 1. The van der Waals surface area contributed by atoms with E-state index in [1.54, 1.807) is 6.07 Å². The van der Waals surface area contributed by atoms with Gasteiger partial charge in [-0.25, -0.2) is 9.37 Å². The maximum absolute atomic E-state index is 13.2. The molecule has 0 saturated carbocycles. The van der Waals surface area contributed by atoms with Gasteiger partial charge in [0, 0.05) is 12.3 Å². The molecule has 2 aromatic heterocycles. The summed E-state index contributed by atoms with van der Waals surface area (Å²) in [6.07, 6.45) is 2.88. The van der Waals surface area contributed by atoms with Crippen LogP contribution in [0, 0.1) is 5.82 Å². The van der Waals surface area contributed by atoms with E-state index >= 15 is 0 Å². The fourth-order valence-electron chi connectivity index (χ4n) is 1.05. The van der Waals surface area contributed by atoms with E-state index < -0.39 is 5.82 Å². The lowest BCUT2D eigenvalue weighted by Crippen LogP contribution is -2.02. The number of hydrogen-bond acceptors (Lipinski definition) is 4. The molecule has 0 radical (unpaired) electrons. The quantitative estimate of drug-likeness (QED) is 0.875. The van der Waals surface area contributed by atoms with Gasteiger partial charge in [-0.2, -0.15) is 0 Å². The summed E-state index contributed by atoms with van der Waals surface area (Å²) in [6.45, 7) is 0.325. The third-order valence-corrected chi connectivity index (χ3v) is 1.94. The summed E-state index contributed by atoms with van der Waals surface area (Å²) in [7, 11) is 0. The predicted molar refractivity (Wildman–Crippen MR) is 53.0 cm³/mol. The van der Waals surface area contributed by atoms with Gasteiger partial charge in [0.1, 0.15) is 0 Å². The van der Waals surface area contributed by atoms with Crippen LogP contribution in [0.4, 0.5) is 10.2 Å². The van der Waals surface area contributed by atoms with Crippen molar-refractivity contribution in [1.29, 1.82) is 0 Å². The highest BCUT2D eigenvalue weighted by Gasteiger charge is 2.05. The molecule has 0 aliphatic heterocycles. The molecule has 2 heterocycles. The number of aromatic nitrogens is 2. The van der Waals surface area contributed by atoms with E-state index in [2.05, 4.69) is 15.5 Å². The molecule has 4 nitrogen and oxygen atoms in total. The summed E-state index contributed by atoms with van der Waals surface area (Å²) >= 11 is 5.56. The van der Waals surface area contributed by atoms with E-state index in [1.807, 2.05) is 0 Å². The molecule has 15 heavy (non-hydrogen) atoms. The summed E-state index contributed by atoms with van der Waals surface area (Å²) in [6, 6.07) is 2.87. The van der Waals surface area contributed by atoms with Crippen molar-refractivity contribution in [2.24, 2.45) is 0 Å². The molecule has 0 unspecified atom stereocenters. The van der Waals surface area contributed by atoms with E-state index in [4.69, 9.17) is 16.1 Å². The molecule has 0 spiro atoms. The Morgan fingerprint density at radius 1 is 1.53 bits per heavy atom. The Morgan fingerprint density at radius 2 is 2.40 bits per heavy atom. The van der Waals surface area contributed by atoms with Gasteiger partial charge in [0.05, 0.1) is 17.8 Å². The third kappa shape index (κ3) is 2.44. The molecule has 0 amide bonds. The van der Waals surface area contributed by atoms with Gasteiger partial charge < -0.3 is 9.84 Å². The second-order valence-corrected chi connectivity index (χ2v) is 3.25. The highest BCUT2D eigenvalue weighted by molar-refractivity contribution is 6.30. The van der Waals surface area contributed by atoms with Gasteiger partial charge in [-0.1, -0.05) is 16.8 Å². The molecule has 6 heteroatoms. The smallest absolute Gasteiger partial charge is 0.166 e. The van der Waals surface area contributed by atoms with Gasteiger partial charge in [0.2, 0.25) is 0 Å². The van der Waals surface area contributed by atoms with Gasteiger partial charge in [-0.3, -0.25) is 0 Å². The Bertz CT molecular complexity index is 447. The molecular weight excluding hydrogens is 221 g/mol. The van der Waals surface area contributed by atoms with Crippen LogP contribution >= 0.6 is 11.6 Å². The van der Waals surface area contributed by atoms with Crippen molar-refractivity contribution in [3.05, 3.63) is 41.1 Å². The fraction of sp³-hybridized carbons (Fsp3) is 0.111. The van der Waals surface area contributed by atoms with Crippen molar-refractivity contribution >= 4 is 17.4 Å². The van der Waals surface area contributed by atoms with Crippen LogP contribution in [-0.4, -0.2) is 10.1 Å². The zero-order valence-corrected chi connectivity index (χ0v) is 8.33. The van der Waals surface area contributed by atoms with Crippen LogP contribution in [0.1, 0.15) is 5.76 Å². The Hall–Kier alpha value is -1.62. The van der Waals surface area contributed by atoms with Gasteiger partial charge in [0.15, 0.2) is 17.4 Å². The van der Waals surface area contributed by atoms with Crippen molar-refractivity contribution < 1.29 is 8.91 Å². The number of rotatable bonds is 3. The van der Waals surface area contributed by atoms with Gasteiger partial charge in [-0.05, 0) is 6.07 Å². The highest BCUT2D eigenvalue weighted by Crippen LogP contribution is 2.16. The SMILES string of the molecule is Fc1cc(Cl)cnc1NCc1ccno1. The van der Waals surface area contributed by atoms with Crippen LogP contribution < -0.4 is 5.32 Å². The first kappa shape index (κ1) is 9.92. The summed E-state index contributed by atoms with van der Waals surface area (Å²) in [5.74, 6) is 0.240. The minimum absolute atomic E-state index is 0.135. The average Bonchev–Trinajstić information content (AvgIpc) is 2.69. The summed E-state index contributed by atoms with van der Waals surface area (Å²) in [5.41, 5.74) is 0. The Labute approximate surface area is 90.1 Å². The van der Waals surface area contributed by atoms with Crippen molar-refractivity contribution in [1.82, 2.24) is 10.1 Å². The maximum Gasteiger partial charge on any atom is 0.166 e. The molecule has 0 atom stereocenters. The molecule has 0 aliphatic carbocycles. The van der Waals surface area contributed by atoms with Crippen molar-refractivity contribution in [3.8, 4) is 0 Å². The molecule has 0 aromatic carbocycles. The highest BCUT2D eigenvalue weighted by atomic mass is 35.5. The van der Waals surface area contributed by atoms with E-state index in [0.717, 1.165) is 0 Å². The van der Waals surface area contributed by atoms with E-state index in [9.17, 15) is 4.39 Å². The molecule has 1 N–H and O–H groups in total. The summed E-state index contributed by atoms with van der Waals surface area (Å²) in [4.78, 5) is 3.80. The Balaban J connectivity index is 2.05. The zero-order chi connectivity index (χ0) is 10.7. The number of nitrogens with one attached hydrogen (secondary N) is 1. The van der Waals surface area contributed by atoms with Crippen molar-refractivity contribution in [2.45, 2.75) is 6.54 Å². The summed E-state index contributed by atoms with van der Waals surface area (Å²) < 4.78 is 18.1. The normalized spacial score (nSPS) is 10.3. The standard InChI is InChI=1S/C9H7ClFN3O/c10-6-3-8(11)9(12-4-6)13-5-7-1-2-14-15-7/h1-4H,5H2,(H,12,13). The molecule has 0 fully saturated rings. The third-order valence-electron chi connectivity index (χ3n) is 1.73. The second-order valence-electron chi connectivity index (χ2n) is 2.82. The zero-order valence-electron chi connectivity index (χ0n) is 7.58. The van der Waals surface area contributed by atoms with Crippen molar-refractivity contribution in [2.75, 3.05) is 5.32 Å². The lowest BCUT2D eigenvalue weighted by Gasteiger charge is -2.03. The van der Waals surface area contributed by atoms with E-state index in [-0.39, 0.29) is 10.8 Å². The molecule has 0 bridgehead atoms. The molecule has 0 saturated heterocycles. The Morgan fingerprint density at radius 3 is 3.07 bits per heavy atom. The van der Waals surface area contributed by atoms with E-state index in [0.29, 0.717) is 12.3 Å². The van der Waals surface area contributed by atoms with Gasteiger partial charge in [-0.15, -0.1) is 0 Å². The minimum atomic E-state index is -0.498. The van der Waals surface area contributed by atoms with E-state index in [1.165, 1.54) is 18.5 Å². The largest absolute Gasteiger partial charge is 0.360 e.